The van der Waals surface area contributed by atoms with Crippen molar-refractivity contribution in [1.82, 2.24) is 9.59 Å². The molecule has 3 heteroatoms. The van der Waals surface area contributed by atoms with Crippen LogP contribution in [0.3, 0.4) is 0 Å². The smallest absolute Gasteiger partial charge is 0.131 e. The molecular weight excluding hydrogens is 132 g/mol. The van der Waals surface area contributed by atoms with Gasteiger partial charge in [-0.25, -0.2) is 0 Å². The highest BCUT2D eigenvalue weighted by molar-refractivity contribution is 7.05. The lowest BCUT2D eigenvalue weighted by atomic mass is 9.96. The number of rotatable bonds is 0. The van der Waals surface area contributed by atoms with Crippen LogP contribution in [0.4, 0.5) is 0 Å². The minimum absolute atomic E-state index is 0.161. The molecule has 0 aliphatic rings. The Morgan fingerprint density at radius 1 is 1.44 bits per heavy atom. The summed E-state index contributed by atoms with van der Waals surface area (Å²) in [6.45, 7) is 6.37. The summed E-state index contributed by atoms with van der Waals surface area (Å²) >= 11 is 1.41. The van der Waals surface area contributed by atoms with Crippen LogP contribution in [-0.2, 0) is 5.41 Å². The summed E-state index contributed by atoms with van der Waals surface area (Å²) in [7, 11) is 0. The first-order valence-electron chi connectivity index (χ1n) is 2.81. The van der Waals surface area contributed by atoms with Gasteiger partial charge in [-0.3, -0.25) is 0 Å². The third kappa shape index (κ3) is 1.48. The zero-order valence-corrected chi connectivity index (χ0v) is 6.62. The molecule has 0 fully saturated rings. The van der Waals surface area contributed by atoms with Crippen molar-refractivity contribution in [3.8, 4) is 0 Å². The molecule has 9 heavy (non-hydrogen) atoms. The van der Waals surface area contributed by atoms with Crippen LogP contribution >= 0.6 is 11.5 Å². The average Bonchev–Trinajstić information content (AvgIpc) is 2.08. The number of nitrogens with zero attached hydrogens (tertiary/aromatic N) is 2. The van der Waals surface area contributed by atoms with Gasteiger partial charge in [0.1, 0.15) is 6.20 Å². The minimum atomic E-state index is 0.161. The van der Waals surface area contributed by atoms with E-state index in [0.29, 0.717) is 0 Å². The van der Waals surface area contributed by atoms with Crippen molar-refractivity contribution in [2.75, 3.05) is 0 Å². The van der Waals surface area contributed by atoms with Gasteiger partial charge in [0.25, 0.3) is 0 Å². The molecule has 1 aromatic rings. The lowest BCUT2D eigenvalue weighted by Gasteiger charge is -2.12. The van der Waals surface area contributed by atoms with Crippen molar-refractivity contribution in [3.63, 3.8) is 0 Å². The number of aromatic nitrogens is 2. The van der Waals surface area contributed by atoms with Gasteiger partial charge in [-0.1, -0.05) is 25.3 Å². The molecule has 0 aliphatic carbocycles. The van der Waals surface area contributed by atoms with E-state index in [-0.39, 0.29) is 5.41 Å². The van der Waals surface area contributed by atoms with E-state index in [4.69, 9.17) is 0 Å². The largest absolute Gasteiger partial charge is 0.136 e. The molecule has 0 bridgehead atoms. The van der Waals surface area contributed by atoms with Gasteiger partial charge in [0.05, 0.1) is 4.88 Å². The molecule has 1 aromatic heterocycles. The summed E-state index contributed by atoms with van der Waals surface area (Å²) in [6.07, 6.45) is 2.83. The minimum Gasteiger partial charge on any atom is -0.136 e. The normalized spacial score (nSPS) is 11.9. The van der Waals surface area contributed by atoms with Crippen molar-refractivity contribution >= 4 is 11.5 Å². The lowest BCUT2D eigenvalue weighted by molar-refractivity contribution is 0.601. The Labute approximate surface area is 59.1 Å². The first kappa shape index (κ1) is 6.68. The van der Waals surface area contributed by atoms with E-state index in [9.17, 15) is 0 Å². The molecule has 0 atom stereocenters. The van der Waals surface area contributed by atoms with E-state index in [0.717, 1.165) is 4.88 Å². The summed E-state index contributed by atoms with van der Waals surface area (Å²) in [5.74, 6) is 0. The summed E-state index contributed by atoms with van der Waals surface area (Å²) in [6, 6.07) is 0. The van der Waals surface area contributed by atoms with Crippen LogP contribution in [0.5, 0.6) is 0 Å². The first-order valence-corrected chi connectivity index (χ1v) is 3.58. The molecule has 0 aliphatic heterocycles. The molecule has 49 valence electrons. The van der Waals surface area contributed by atoms with Crippen LogP contribution in [0.15, 0.2) is 0 Å². The predicted molar refractivity (Wildman–Crippen MR) is 37.4 cm³/mol. The maximum Gasteiger partial charge on any atom is 0.131 e. The van der Waals surface area contributed by atoms with Crippen molar-refractivity contribution in [3.05, 3.63) is 11.1 Å². The first-order chi connectivity index (χ1) is 4.11. The molecule has 0 amide bonds. The van der Waals surface area contributed by atoms with Crippen molar-refractivity contribution in [2.24, 2.45) is 0 Å². The van der Waals surface area contributed by atoms with Crippen molar-refractivity contribution < 1.29 is 0 Å². The van der Waals surface area contributed by atoms with Crippen LogP contribution in [0.1, 0.15) is 25.6 Å². The van der Waals surface area contributed by atoms with Crippen LogP contribution < -0.4 is 0 Å². The van der Waals surface area contributed by atoms with Gasteiger partial charge >= 0.3 is 0 Å². The monoisotopic (exact) mass is 141 g/mol. The predicted octanol–water partition coefficient (Wildman–Crippen LogP) is 1.64. The van der Waals surface area contributed by atoms with Crippen LogP contribution in [0.2, 0.25) is 0 Å². The Morgan fingerprint density at radius 3 is 2.33 bits per heavy atom. The number of hydrogen-bond donors (Lipinski definition) is 0. The highest BCUT2D eigenvalue weighted by Gasteiger charge is 2.15. The van der Waals surface area contributed by atoms with E-state index in [1.807, 2.05) is 0 Å². The Hall–Kier alpha value is -0.440. The van der Waals surface area contributed by atoms with Gasteiger partial charge in [-0.15, -0.1) is 5.10 Å². The Kier molecular flexibility index (Phi) is 1.53. The fourth-order valence-electron chi connectivity index (χ4n) is 0.452. The van der Waals surface area contributed by atoms with E-state index in [1.54, 1.807) is 0 Å². The molecule has 0 unspecified atom stereocenters. The second-order valence-corrected chi connectivity index (χ2v) is 3.72. The molecule has 2 nitrogen and oxygen atoms in total. The molecule has 0 saturated heterocycles. The van der Waals surface area contributed by atoms with Gasteiger partial charge in [-0.05, 0) is 11.5 Å². The van der Waals surface area contributed by atoms with Crippen LogP contribution in [0.25, 0.3) is 0 Å². The molecule has 0 N–H and O–H groups in total. The number of hydrogen-bond acceptors (Lipinski definition) is 3. The molecule has 1 rings (SSSR count). The molecule has 0 spiro atoms. The maximum absolute atomic E-state index is 3.72. The van der Waals surface area contributed by atoms with Crippen LogP contribution in [-0.4, -0.2) is 9.59 Å². The third-order valence-electron chi connectivity index (χ3n) is 1.01. The Morgan fingerprint density at radius 2 is 2.11 bits per heavy atom. The summed E-state index contributed by atoms with van der Waals surface area (Å²) in [4.78, 5) is 1.11. The molecule has 1 radical (unpaired) electrons. The zero-order valence-electron chi connectivity index (χ0n) is 5.80. The van der Waals surface area contributed by atoms with Gasteiger partial charge < -0.3 is 0 Å². The summed E-state index contributed by atoms with van der Waals surface area (Å²) in [5.41, 5.74) is 0.161. The third-order valence-corrected chi connectivity index (χ3v) is 2.06. The van der Waals surface area contributed by atoms with Crippen molar-refractivity contribution in [2.45, 2.75) is 26.2 Å². The van der Waals surface area contributed by atoms with Gasteiger partial charge in [0, 0.05) is 5.41 Å². The molecule has 0 saturated carbocycles. The quantitative estimate of drug-likeness (QED) is 0.549. The fourth-order valence-corrected chi connectivity index (χ4v) is 0.971. The Balaban J connectivity index is 2.90. The second kappa shape index (κ2) is 2.06. The van der Waals surface area contributed by atoms with E-state index in [2.05, 4.69) is 36.6 Å². The highest BCUT2D eigenvalue weighted by atomic mass is 32.1. The fraction of sp³-hybridized carbons (Fsp3) is 0.667. The van der Waals surface area contributed by atoms with Gasteiger partial charge in [0.15, 0.2) is 0 Å². The summed E-state index contributed by atoms with van der Waals surface area (Å²) < 4.78 is 3.72. The highest BCUT2D eigenvalue weighted by Crippen LogP contribution is 2.22. The van der Waals surface area contributed by atoms with Crippen LogP contribution in [0, 0.1) is 6.20 Å². The maximum atomic E-state index is 3.72. The van der Waals surface area contributed by atoms with E-state index < -0.39 is 0 Å². The van der Waals surface area contributed by atoms with Gasteiger partial charge in [0.2, 0.25) is 0 Å². The second-order valence-electron chi connectivity index (χ2n) is 2.96. The topological polar surface area (TPSA) is 25.8 Å². The average molecular weight is 141 g/mol. The van der Waals surface area contributed by atoms with E-state index in [1.165, 1.54) is 11.5 Å². The molecular formula is C6H9N2S. The standard InChI is InChI=1S/C6H9N2S/c1-6(2,3)5-4-7-8-9-5/h1-3H3. The van der Waals surface area contributed by atoms with Gasteiger partial charge in [-0.2, -0.15) is 0 Å². The van der Waals surface area contributed by atoms with E-state index >= 15 is 0 Å². The van der Waals surface area contributed by atoms with Crippen molar-refractivity contribution in [1.29, 1.82) is 0 Å². The molecule has 1 heterocycles. The summed E-state index contributed by atoms with van der Waals surface area (Å²) in [5, 5.41) is 3.63. The zero-order chi connectivity index (χ0) is 6.91. The Bertz CT molecular complexity index is 173. The SMILES string of the molecule is CC(C)(C)c1[c]nns1. The molecule has 0 aromatic carbocycles. The lowest BCUT2D eigenvalue weighted by Crippen LogP contribution is -2.08.